The first-order valence-electron chi connectivity index (χ1n) is 8.71. The molecule has 0 fully saturated rings. The van der Waals surface area contributed by atoms with E-state index < -0.39 is 5.97 Å². The number of rotatable bonds is 5. The summed E-state index contributed by atoms with van der Waals surface area (Å²) in [6.45, 7) is 2.00. The minimum Gasteiger partial charge on any atom is -0.462 e. The molecule has 0 unspecified atom stereocenters. The quantitative estimate of drug-likeness (QED) is 0.527. The molecule has 3 rings (SSSR count). The maximum atomic E-state index is 12.6. The second-order valence-electron chi connectivity index (χ2n) is 5.92. The van der Waals surface area contributed by atoms with Crippen LogP contribution in [0.4, 0.5) is 5.69 Å². The fourth-order valence-corrected chi connectivity index (χ4v) is 2.95. The predicted molar refractivity (Wildman–Crippen MR) is 106 cm³/mol. The monoisotopic (exact) mass is 381 g/mol. The van der Waals surface area contributed by atoms with E-state index in [0.29, 0.717) is 22.3 Å². The Balaban J connectivity index is 2.12. The number of carbonyl (C=O) groups excluding carboxylic acids is 1. The molecule has 0 spiro atoms. The van der Waals surface area contributed by atoms with Gasteiger partial charge in [-0.15, -0.1) is 0 Å². The van der Waals surface area contributed by atoms with Gasteiger partial charge in [-0.3, -0.25) is 0 Å². The number of fused-ring (bicyclic) bond motifs is 1. The number of aromatic nitrogens is 1. The van der Waals surface area contributed by atoms with Gasteiger partial charge in [-0.25, -0.2) is 4.79 Å². The number of pyridine rings is 1. The smallest absolute Gasteiger partial charge is 0.340 e. The van der Waals surface area contributed by atoms with E-state index in [0.717, 1.165) is 5.56 Å². The highest BCUT2D eigenvalue weighted by molar-refractivity contribution is 6.04. The topological polar surface area (TPSA) is 114 Å². The highest BCUT2D eigenvalue weighted by Gasteiger charge is 2.20. The molecule has 2 heterocycles. The number of benzene rings is 1. The number of allylic oxidation sites excluding steroid dienone is 2. The third-order valence-corrected chi connectivity index (χ3v) is 4.19. The van der Waals surface area contributed by atoms with Crippen LogP contribution in [0.15, 0.2) is 66.1 Å². The molecule has 1 N–H and O–H groups in total. The van der Waals surface area contributed by atoms with Gasteiger partial charge in [-0.05, 0) is 36.8 Å². The summed E-state index contributed by atoms with van der Waals surface area (Å²) in [7, 11) is 0. The molecule has 29 heavy (non-hydrogen) atoms. The van der Waals surface area contributed by atoms with Crippen LogP contribution in [-0.2, 0) is 4.74 Å². The lowest BCUT2D eigenvalue weighted by Gasteiger charge is -2.08. The van der Waals surface area contributed by atoms with Crippen molar-refractivity contribution in [1.82, 2.24) is 4.40 Å². The molecule has 0 amide bonds. The van der Waals surface area contributed by atoms with Gasteiger partial charge in [-0.1, -0.05) is 18.2 Å². The summed E-state index contributed by atoms with van der Waals surface area (Å²) in [6, 6.07) is 17.8. The SMILES string of the molecule is CCOC(=O)c1c(-c2cccc(NC(C#N)=C(C#N)C#N)c2)cn2ccccc12. The molecule has 1 aromatic carbocycles. The largest absolute Gasteiger partial charge is 0.462 e. The Morgan fingerprint density at radius 1 is 1.10 bits per heavy atom. The molecule has 0 aliphatic carbocycles. The number of carbonyl (C=O) groups is 1. The predicted octanol–water partition coefficient (Wildman–Crippen LogP) is 4.02. The molecular formula is C22H15N5O2. The average molecular weight is 381 g/mol. The molecule has 0 bridgehead atoms. The maximum Gasteiger partial charge on any atom is 0.340 e. The average Bonchev–Trinajstić information content (AvgIpc) is 3.14. The Morgan fingerprint density at radius 3 is 2.59 bits per heavy atom. The third-order valence-electron chi connectivity index (χ3n) is 4.19. The molecule has 3 aromatic rings. The van der Waals surface area contributed by atoms with E-state index in [9.17, 15) is 10.1 Å². The zero-order valence-electron chi connectivity index (χ0n) is 15.5. The van der Waals surface area contributed by atoms with Crippen molar-refractivity contribution >= 4 is 17.2 Å². The first-order chi connectivity index (χ1) is 14.1. The highest BCUT2D eigenvalue weighted by Crippen LogP contribution is 2.31. The van der Waals surface area contributed by atoms with Crippen molar-refractivity contribution < 1.29 is 9.53 Å². The van der Waals surface area contributed by atoms with Crippen molar-refractivity contribution in [2.24, 2.45) is 0 Å². The number of nitriles is 3. The third kappa shape index (κ3) is 3.78. The molecule has 0 saturated heterocycles. The lowest BCUT2D eigenvalue weighted by atomic mass is 10.0. The van der Waals surface area contributed by atoms with E-state index in [1.54, 1.807) is 37.3 Å². The van der Waals surface area contributed by atoms with Crippen molar-refractivity contribution in [1.29, 1.82) is 15.8 Å². The van der Waals surface area contributed by atoms with Crippen LogP contribution in [0.2, 0.25) is 0 Å². The Morgan fingerprint density at radius 2 is 1.90 bits per heavy atom. The second kappa shape index (κ2) is 8.43. The molecule has 140 valence electrons. The summed E-state index contributed by atoms with van der Waals surface area (Å²) in [6.07, 6.45) is 3.67. The van der Waals surface area contributed by atoms with E-state index in [1.807, 2.05) is 47.1 Å². The Hall–Kier alpha value is -4.54. The molecular weight excluding hydrogens is 366 g/mol. The zero-order valence-corrected chi connectivity index (χ0v) is 15.5. The van der Waals surface area contributed by atoms with Crippen molar-refractivity contribution in [3.63, 3.8) is 0 Å². The van der Waals surface area contributed by atoms with Crippen molar-refractivity contribution in [3.8, 4) is 29.3 Å². The van der Waals surface area contributed by atoms with Crippen LogP contribution in [0.5, 0.6) is 0 Å². The van der Waals surface area contributed by atoms with E-state index in [-0.39, 0.29) is 17.9 Å². The summed E-state index contributed by atoms with van der Waals surface area (Å²) in [4.78, 5) is 12.6. The van der Waals surface area contributed by atoms with Gasteiger partial charge in [0.15, 0.2) is 5.57 Å². The Labute approximate surface area is 167 Å². The van der Waals surface area contributed by atoms with Crippen molar-refractivity contribution in [2.45, 2.75) is 6.92 Å². The first-order valence-corrected chi connectivity index (χ1v) is 8.71. The van der Waals surface area contributed by atoms with Gasteiger partial charge in [0, 0.05) is 23.6 Å². The van der Waals surface area contributed by atoms with Crippen LogP contribution >= 0.6 is 0 Å². The highest BCUT2D eigenvalue weighted by atomic mass is 16.5. The summed E-state index contributed by atoms with van der Waals surface area (Å²) in [5.74, 6) is -0.427. The minimum atomic E-state index is -0.427. The summed E-state index contributed by atoms with van der Waals surface area (Å²) in [5.41, 5.74) is 2.60. The van der Waals surface area contributed by atoms with Crippen LogP contribution in [0.25, 0.3) is 16.6 Å². The Bertz CT molecular complexity index is 1230. The molecule has 2 aromatic heterocycles. The lowest BCUT2D eigenvalue weighted by Crippen LogP contribution is -2.05. The molecule has 0 saturated carbocycles. The number of hydrogen-bond donors (Lipinski definition) is 1. The number of anilines is 1. The van der Waals surface area contributed by atoms with Gasteiger partial charge in [0.05, 0.1) is 17.7 Å². The zero-order chi connectivity index (χ0) is 20.8. The van der Waals surface area contributed by atoms with Crippen LogP contribution in [-0.4, -0.2) is 17.0 Å². The maximum absolute atomic E-state index is 12.6. The molecule has 0 atom stereocenters. The fourth-order valence-electron chi connectivity index (χ4n) is 2.95. The van der Waals surface area contributed by atoms with Crippen molar-refractivity contribution in [2.75, 3.05) is 11.9 Å². The van der Waals surface area contributed by atoms with Gasteiger partial charge in [0.25, 0.3) is 0 Å². The number of nitrogens with zero attached hydrogens (tertiary/aromatic N) is 4. The van der Waals surface area contributed by atoms with Crippen LogP contribution in [0, 0.1) is 34.0 Å². The molecule has 0 radical (unpaired) electrons. The van der Waals surface area contributed by atoms with E-state index in [4.69, 9.17) is 15.3 Å². The van der Waals surface area contributed by atoms with Gasteiger partial charge >= 0.3 is 5.97 Å². The number of hydrogen-bond acceptors (Lipinski definition) is 6. The summed E-state index contributed by atoms with van der Waals surface area (Å²) in [5, 5.41) is 30.0. The second-order valence-corrected chi connectivity index (χ2v) is 5.92. The number of esters is 1. The van der Waals surface area contributed by atoms with Crippen LogP contribution in [0.3, 0.4) is 0 Å². The summed E-state index contributed by atoms with van der Waals surface area (Å²) < 4.78 is 7.08. The lowest BCUT2D eigenvalue weighted by molar-refractivity contribution is 0.0529. The Kier molecular flexibility index (Phi) is 5.59. The van der Waals surface area contributed by atoms with Gasteiger partial charge in [-0.2, -0.15) is 15.8 Å². The molecule has 0 aliphatic rings. The number of ether oxygens (including phenoxy) is 1. The van der Waals surface area contributed by atoms with Gasteiger partial charge in [0.1, 0.15) is 23.9 Å². The van der Waals surface area contributed by atoms with E-state index >= 15 is 0 Å². The molecule has 7 nitrogen and oxygen atoms in total. The summed E-state index contributed by atoms with van der Waals surface area (Å²) >= 11 is 0. The first kappa shape index (κ1) is 19.2. The standard InChI is InChI=1S/C22H15N5O2/c1-2-29-22(28)21-18(14-27-9-4-3-8-20(21)27)15-6-5-7-17(10-15)26-19(13-25)16(11-23)12-24/h3-10,14,26H,2H2,1H3. The van der Waals surface area contributed by atoms with E-state index in [2.05, 4.69) is 5.32 Å². The normalized spacial score (nSPS) is 9.72. The van der Waals surface area contributed by atoms with Crippen LogP contribution < -0.4 is 5.32 Å². The minimum absolute atomic E-state index is 0.139. The van der Waals surface area contributed by atoms with Crippen LogP contribution in [0.1, 0.15) is 17.3 Å². The van der Waals surface area contributed by atoms with E-state index in [1.165, 1.54) is 0 Å². The van der Waals surface area contributed by atoms with Gasteiger partial charge in [0.2, 0.25) is 0 Å². The molecule has 0 aliphatic heterocycles. The number of nitrogens with one attached hydrogen (secondary N) is 1. The molecule has 7 heteroatoms. The van der Waals surface area contributed by atoms with Crippen molar-refractivity contribution in [3.05, 3.63) is 71.7 Å². The fraction of sp³-hybridized carbons (Fsp3) is 0.0909. The van der Waals surface area contributed by atoms with Gasteiger partial charge < -0.3 is 14.5 Å².